The molecule has 0 aliphatic rings. The predicted octanol–water partition coefficient (Wildman–Crippen LogP) is 3.74. The Labute approximate surface area is 141 Å². The van der Waals surface area contributed by atoms with Crippen LogP contribution in [0.1, 0.15) is 35.7 Å². The molecule has 0 aliphatic carbocycles. The number of nitrogens with one attached hydrogen (secondary N) is 1. The number of ether oxygens (including phenoxy) is 1. The Bertz CT molecular complexity index is 695. The first kappa shape index (κ1) is 17.5. The lowest BCUT2D eigenvalue weighted by atomic mass is 10.0. The SMILES string of the molecule is CCc1ccccc1C(=O)Nc1ccc(OCCCC(=O)O)cc1. The molecule has 0 bridgehead atoms. The molecule has 0 fully saturated rings. The molecule has 2 aromatic rings. The summed E-state index contributed by atoms with van der Waals surface area (Å²) in [5, 5.41) is 11.4. The van der Waals surface area contributed by atoms with Gasteiger partial charge in [0, 0.05) is 17.7 Å². The van der Waals surface area contributed by atoms with Gasteiger partial charge in [-0.05, 0) is 48.7 Å². The summed E-state index contributed by atoms with van der Waals surface area (Å²) in [6.07, 6.45) is 1.35. The summed E-state index contributed by atoms with van der Waals surface area (Å²) >= 11 is 0. The van der Waals surface area contributed by atoms with Crippen molar-refractivity contribution >= 4 is 17.6 Å². The molecule has 0 unspecified atom stereocenters. The second-order valence-corrected chi connectivity index (χ2v) is 5.33. The molecular formula is C19H21NO4. The number of anilines is 1. The van der Waals surface area contributed by atoms with E-state index in [0.29, 0.717) is 30.0 Å². The molecule has 126 valence electrons. The quantitative estimate of drug-likeness (QED) is 0.724. The van der Waals surface area contributed by atoms with Gasteiger partial charge >= 0.3 is 5.97 Å². The molecule has 0 spiro atoms. The zero-order valence-electron chi connectivity index (χ0n) is 13.6. The van der Waals surface area contributed by atoms with Gasteiger partial charge in [-0.3, -0.25) is 9.59 Å². The highest BCUT2D eigenvalue weighted by Gasteiger charge is 2.10. The highest BCUT2D eigenvalue weighted by atomic mass is 16.5. The van der Waals surface area contributed by atoms with E-state index in [-0.39, 0.29) is 12.3 Å². The molecule has 0 saturated carbocycles. The van der Waals surface area contributed by atoms with Crippen LogP contribution >= 0.6 is 0 Å². The van der Waals surface area contributed by atoms with Crippen molar-refractivity contribution in [2.45, 2.75) is 26.2 Å². The fourth-order valence-corrected chi connectivity index (χ4v) is 2.30. The van der Waals surface area contributed by atoms with Crippen molar-refractivity contribution in [1.82, 2.24) is 0 Å². The van der Waals surface area contributed by atoms with Gasteiger partial charge in [0.25, 0.3) is 5.91 Å². The van der Waals surface area contributed by atoms with Crippen LogP contribution in [0.3, 0.4) is 0 Å². The van der Waals surface area contributed by atoms with Gasteiger partial charge in [0.05, 0.1) is 6.61 Å². The largest absolute Gasteiger partial charge is 0.494 e. The van der Waals surface area contributed by atoms with Crippen molar-refractivity contribution in [2.24, 2.45) is 0 Å². The van der Waals surface area contributed by atoms with Gasteiger partial charge in [-0.2, -0.15) is 0 Å². The van der Waals surface area contributed by atoms with Crippen LogP contribution in [0.25, 0.3) is 0 Å². The summed E-state index contributed by atoms with van der Waals surface area (Å²) in [5.74, 6) is -0.320. The van der Waals surface area contributed by atoms with Crippen LogP contribution in [0.5, 0.6) is 5.75 Å². The van der Waals surface area contributed by atoms with Crippen LogP contribution in [-0.2, 0) is 11.2 Å². The zero-order chi connectivity index (χ0) is 17.4. The van der Waals surface area contributed by atoms with Crippen molar-refractivity contribution in [3.8, 4) is 5.75 Å². The number of aryl methyl sites for hydroxylation is 1. The molecule has 24 heavy (non-hydrogen) atoms. The average Bonchev–Trinajstić information content (AvgIpc) is 2.59. The number of carboxylic acid groups (broad SMARTS) is 1. The third-order valence-electron chi connectivity index (χ3n) is 3.56. The van der Waals surface area contributed by atoms with Crippen LogP contribution in [0.15, 0.2) is 48.5 Å². The Morgan fingerprint density at radius 2 is 1.79 bits per heavy atom. The number of rotatable bonds is 8. The summed E-state index contributed by atoms with van der Waals surface area (Å²) in [4.78, 5) is 22.8. The van der Waals surface area contributed by atoms with Crippen molar-refractivity contribution in [2.75, 3.05) is 11.9 Å². The van der Waals surface area contributed by atoms with Crippen molar-refractivity contribution in [3.05, 3.63) is 59.7 Å². The van der Waals surface area contributed by atoms with Crippen LogP contribution in [-0.4, -0.2) is 23.6 Å². The maximum atomic E-state index is 12.4. The standard InChI is InChI=1S/C19H21NO4/c1-2-14-6-3-4-7-17(14)19(23)20-15-9-11-16(12-10-15)24-13-5-8-18(21)22/h3-4,6-7,9-12H,2,5,8,13H2,1H3,(H,20,23)(H,21,22). The van der Waals surface area contributed by atoms with Gasteiger partial charge in [0.2, 0.25) is 0 Å². The maximum Gasteiger partial charge on any atom is 0.303 e. The molecule has 0 radical (unpaired) electrons. The Kier molecular flexibility index (Phi) is 6.37. The minimum absolute atomic E-state index is 0.0883. The first-order chi connectivity index (χ1) is 11.6. The number of aliphatic carboxylic acids is 1. The highest BCUT2D eigenvalue weighted by molar-refractivity contribution is 6.05. The summed E-state index contributed by atoms with van der Waals surface area (Å²) in [6, 6.07) is 14.6. The Morgan fingerprint density at radius 3 is 2.46 bits per heavy atom. The van der Waals surface area contributed by atoms with Crippen LogP contribution < -0.4 is 10.1 Å². The first-order valence-electron chi connectivity index (χ1n) is 7.94. The van der Waals surface area contributed by atoms with Crippen molar-refractivity contribution in [1.29, 1.82) is 0 Å². The second-order valence-electron chi connectivity index (χ2n) is 5.33. The average molecular weight is 327 g/mol. The van der Waals surface area contributed by atoms with Crippen LogP contribution in [0, 0.1) is 0 Å². The van der Waals surface area contributed by atoms with Gasteiger partial charge in [-0.1, -0.05) is 25.1 Å². The fraction of sp³-hybridized carbons (Fsp3) is 0.263. The van der Waals surface area contributed by atoms with Gasteiger partial charge in [-0.25, -0.2) is 0 Å². The summed E-state index contributed by atoms with van der Waals surface area (Å²) in [6.45, 7) is 2.37. The number of benzene rings is 2. The minimum Gasteiger partial charge on any atom is -0.494 e. The molecule has 2 N–H and O–H groups in total. The third-order valence-corrected chi connectivity index (χ3v) is 3.56. The van der Waals surface area contributed by atoms with Crippen LogP contribution in [0.4, 0.5) is 5.69 Å². The van der Waals surface area contributed by atoms with E-state index in [0.717, 1.165) is 12.0 Å². The zero-order valence-corrected chi connectivity index (χ0v) is 13.6. The van der Waals surface area contributed by atoms with Crippen molar-refractivity contribution in [3.63, 3.8) is 0 Å². The molecular weight excluding hydrogens is 306 g/mol. The number of hydrogen-bond donors (Lipinski definition) is 2. The molecule has 0 saturated heterocycles. The monoisotopic (exact) mass is 327 g/mol. The predicted molar refractivity (Wildman–Crippen MR) is 92.6 cm³/mol. The minimum atomic E-state index is -0.830. The highest BCUT2D eigenvalue weighted by Crippen LogP contribution is 2.18. The van der Waals surface area contributed by atoms with Gasteiger partial charge in [0.15, 0.2) is 0 Å². The molecule has 5 heteroatoms. The smallest absolute Gasteiger partial charge is 0.303 e. The number of carboxylic acids is 1. The van der Waals surface area contributed by atoms with E-state index in [1.54, 1.807) is 24.3 Å². The van der Waals surface area contributed by atoms with E-state index in [2.05, 4.69) is 5.32 Å². The van der Waals surface area contributed by atoms with Gasteiger partial charge in [0.1, 0.15) is 5.75 Å². The van der Waals surface area contributed by atoms with Gasteiger partial charge in [-0.15, -0.1) is 0 Å². The van der Waals surface area contributed by atoms with E-state index in [9.17, 15) is 9.59 Å². The Morgan fingerprint density at radius 1 is 1.08 bits per heavy atom. The fourth-order valence-electron chi connectivity index (χ4n) is 2.30. The Hall–Kier alpha value is -2.82. The van der Waals surface area contributed by atoms with E-state index < -0.39 is 5.97 Å². The number of amides is 1. The molecule has 5 nitrogen and oxygen atoms in total. The normalized spacial score (nSPS) is 10.2. The molecule has 1 amide bonds. The number of carbonyl (C=O) groups is 2. The van der Waals surface area contributed by atoms with Crippen LogP contribution in [0.2, 0.25) is 0 Å². The lowest BCUT2D eigenvalue weighted by molar-refractivity contribution is -0.137. The summed E-state index contributed by atoms with van der Waals surface area (Å²) in [5.41, 5.74) is 2.37. The number of hydrogen-bond acceptors (Lipinski definition) is 3. The van der Waals surface area contributed by atoms with E-state index in [1.807, 2.05) is 31.2 Å². The van der Waals surface area contributed by atoms with E-state index in [4.69, 9.17) is 9.84 Å². The molecule has 0 heterocycles. The molecule has 2 rings (SSSR count). The van der Waals surface area contributed by atoms with E-state index in [1.165, 1.54) is 0 Å². The molecule has 0 atom stereocenters. The molecule has 2 aromatic carbocycles. The number of carbonyl (C=O) groups excluding carboxylic acids is 1. The van der Waals surface area contributed by atoms with Crippen molar-refractivity contribution < 1.29 is 19.4 Å². The maximum absolute atomic E-state index is 12.4. The van der Waals surface area contributed by atoms with Gasteiger partial charge < -0.3 is 15.2 Å². The summed E-state index contributed by atoms with van der Waals surface area (Å²) in [7, 11) is 0. The molecule has 0 aliphatic heterocycles. The lowest BCUT2D eigenvalue weighted by Crippen LogP contribution is -2.14. The van der Waals surface area contributed by atoms with E-state index >= 15 is 0 Å². The summed E-state index contributed by atoms with van der Waals surface area (Å²) < 4.78 is 5.46. The third kappa shape index (κ3) is 5.12. The topological polar surface area (TPSA) is 75.6 Å². The second kappa shape index (κ2) is 8.72. The first-order valence-corrected chi connectivity index (χ1v) is 7.94. The Balaban J connectivity index is 1.91. The lowest BCUT2D eigenvalue weighted by Gasteiger charge is -2.10. The molecule has 0 aromatic heterocycles.